The highest BCUT2D eigenvalue weighted by molar-refractivity contribution is 9.10. The molecule has 0 amide bonds. The van der Waals surface area contributed by atoms with Crippen molar-refractivity contribution in [3.63, 3.8) is 0 Å². The highest BCUT2D eigenvalue weighted by Crippen LogP contribution is 2.34. The van der Waals surface area contributed by atoms with Crippen LogP contribution >= 0.6 is 39.0 Å². The molecule has 2 aromatic carbocycles. The van der Waals surface area contributed by atoms with Gasteiger partial charge in [0, 0.05) is 23.5 Å². The Morgan fingerprint density at radius 3 is 2.69 bits per heavy atom. The summed E-state index contributed by atoms with van der Waals surface area (Å²) in [4.78, 5) is 36.3. The molecule has 0 unspecified atom stereocenters. The highest BCUT2D eigenvalue weighted by Gasteiger charge is 2.25. The number of ether oxygens (including phenoxy) is 1. The lowest BCUT2D eigenvalue weighted by molar-refractivity contribution is 0.102. The summed E-state index contributed by atoms with van der Waals surface area (Å²) in [5.41, 5.74) is 3.52. The third kappa shape index (κ3) is 4.77. The molecular weight excluding hydrogens is 558 g/mol. The molecule has 36 heavy (non-hydrogen) atoms. The SMILES string of the molecule is CCN1CCc2c(sc3nc(SCC(=O)c4ccc(OC)c(Br)c4)n(-c4ccc(C)cc4)c(=O)c23)C1. The fourth-order valence-electron chi connectivity index (χ4n) is 4.42. The molecule has 0 aliphatic carbocycles. The van der Waals surface area contributed by atoms with Crippen LogP contribution in [0.2, 0.25) is 0 Å². The summed E-state index contributed by atoms with van der Waals surface area (Å²) in [5, 5.41) is 1.25. The first kappa shape index (κ1) is 25.2. The minimum atomic E-state index is -0.0616. The van der Waals surface area contributed by atoms with Crippen molar-refractivity contribution in [2.75, 3.05) is 26.0 Å². The van der Waals surface area contributed by atoms with E-state index in [0.29, 0.717) is 16.5 Å². The van der Waals surface area contributed by atoms with E-state index in [-0.39, 0.29) is 17.1 Å². The number of carbonyl (C=O) groups excluding carboxylic acids is 1. The molecule has 186 valence electrons. The molecule has 0 radical (unpaired) electrons. The normalized spacial score (nSPS) is 13.7. The number of carbonyl (C=O) groups is 1. The fraction of sp³-hybridized carbons (Fsp3) is 0.296. The predicted octanol–water partition coefficient (Wildman–Crippen LogP) is 5.88. The summed E-state index contributed by atoms with van der Waals surface area (Å²) in [6.45, 7) is 6.96. The van der Waals surface area contributed by atoms with Gasteiger partial charge in [-0.3, -0.25) is 19.1 Å². The highest BCUT2D eigenvalue weighted by atomic mass is 79.9. The van der Waals surface area contributed by atoms with Crippen molar-refractivity contribution in [1.82, 2.24) is 14.5 Å². The first-order valence-corrected chi connectivity index (χ1v) is 14.3. The van der Waals surface area contributed by atoms with E-state index in [4.69, 9.17) is 9.72 Å². The second kappa shape index (κ2) is 10.5. The molecule has 3 heterocycles. The maximum absolute atomic E-state index is 13.9. The molecule has 5 rings (SSSR count). The number of fused-ring (bicyclic) bond motifs is 3. The maximum atomic E-state index is 13.9. The van der Waals surface area contributed by atoms with E-state index in [2.05, 4.69) is 27.8 Å². The van der Waals surface area contributed by atoms with Gasteiger partial charge in [-0.1, -0.05) is 36.4 Å². The van der Waals surface area contributed by atoms with Gasteiger partial charge in [-0.25, -0.2) is 4.98 Å². The third-order valence-electron chi connectivity index (χ3n) is 6.47. The Morgan fingerprint density at radius 1 is 1.22 bits per heavy atom. The Kier molecular flexibility index (Phi) is 7.35. The first-order valence-electron chi connectivity index (χ1n) is 11.8. The number of aryl methyl sites for hydroxylation is 1. The van der Waals surface area contributed by atoms with Crippen LogP contribution in [-0.2, 0) is 13.0 Å². The zero-order chi connectivity index (χ0) is 25.4. The van der Waals surface area contributed by atoms with Crippen LogP contribution in [0.4, 0.5) is 0 Å². The van der Waals surface area contributed by atoms with Crippen molar-refractivity contribution in [1.29, 1.82) is 0 Å². The van der Waals surface area contributed by atoms with Crippen LogP contribution in [0.3, 0.4) is 0 Å². The summed E-state index contributed by atoms with van der Waals surface area (Å²) in [5.74, 6) is 0.789. The second-order valence-electron chi connectivity index (χ2n) is 8.73. The molecule has 0 N–H and O–H groups in total. The zero-order valence-electron chi connectivity index (χ0n) is 20.3. The summed E-state index contributed by atoms with van der Waals surface area (Å²) in [7, 11) is 1.59. The van der Waals surface area contributed by atoms with Gasteiger partial charge in [0.15, 0.2) is 10.9 Å². The van der Waals surface area contributed by atoms with Gasteiger partial charge in [-0.15, -0.1) is 11.3 Å². The van der Waals surface area contributed by atoms with Gasteiger partial charge in [0.05, 0.1) is 28.4 Å². The second-order valence-corrected chi connectivity index (χ2v) is 11.6. The smallest absolute Gasteiger partial charge is 0.267 e. The summed E-state index contributed by atoms with van der Waals surface area (Å²) >= 11 is 6.35. The summed E-state index contributed by atoms with van der Waals surface area (Å²) < 4.78 is 7.66. The number of rotatable bonds is 7. The quantitative estimate of drug-likeness (QED) is 0.154. The lowest BCUT2D eigenvalue weighted by Crippen LogP contribution is -2.30. The maximum Gasteiger partial charge on any atom is 0.267 e. The standard InChI is InChI=1S/C27H26BrN3O3S2/c1-4-30-12-11-19-23(14-30)36-25-24(19)26(33)31(18-8-5-16(2)6-9-18)27(29-25)35-15-21(32)17-7-10-22(34-3)20(28)13-17/h5-10,13H,4,11-12,14-15H2,1-3H3. The van der Waals surface area contributed by atoms with Gasteiger partial charge in [0.1, 0.15) is 10.6 Å². The molecular formula is C27H26BrN3O3S2. The van der Waals surface area contributed by atoms with E-state index >= 15 is 0 Å². The molecule has 0 spiro atoms. The number of likely N-dealkylation sites (N-methyl/N-ethyl adjacent to an activating group) is 1. The number of thiophene rings is 1. The van der Waals surface area contributed by atoms with Crippen LogP contribution in [0.1, 0.15) is 33.3 Å². The summed E-state index contributed by atoms with van der Waals surface area (Å²) in [6.07, 6.45) is 0.852. The van der Waals surface area contributed by atoms with Gasteiger partial charge < -0.3 is 4.74 Å². The number of thioether (sulfide) groups is 1. The molecule has 2 aromatic heterocycles. The molecule has 1 aliphatic rings. The number of methoxy groups -OCH3 is 1. The molecule has 1 aliphatic heterocycles. The van der Waals surface area contributed by atoms with Crippen LogP contribution in [-0.4, -0.2) is 46.2 Å². The van der Waals surface area contributed by atoms with E-state index in [0.717, 1.165) is 57.6 Å². The van der Waals surface area contributed by atoms with Crippen molar-refractivity contribution in [3.05, 3.63) is 78.9 Å². The number of benzene rings is 2. The average Bonchev–Trinajstić information content (AvgIpc) is 3.25. The molecule has 9 heteroatoms. The topological polar surface area (TPSA) is 64.4 Å². The molecule has 0 saturated carbocycles. The van der Waals surface area contributed by atoms with Gasteiger partial charge in [0.2, 0.25) is 0 Å². The van der Waals surface area contributed by atoms with Crippen LogP contribution in [0.15, 0.2) is 56.9 Å². The van der Waals surface area contributed by atoms with Crippen molar-refractivity contribution in [2.45, 2.75) is 32.0 Å². The van der Waals surface area contributed by atoms with Gasteiger partial charge >= 0.3 is 0 Å². The van der Waals surface area contributed by atoms with Gasteiger partial charge in [-0.05, 0) is 71.7 Å². The third-order valence-corrected chi connectivity index (χ3v) is 9.14. The largest absolute Gasteiger partial charge is 0.496 e. The number of Topliss-reactive ketones (excluding diaryl/α,β-unsaturated/α-hetero) is 1. The summed E-state index contributed by atoms with van der Waals surface area (Å²) in [6, 6.07) is 13.1. The van der Waals surface area contributed by atoms with E-state index in [9.17, 15) is 9.59 Å². The van der Waals surface area contributed by atoms with Crippen LogP contribution in [0, 0.1) is 6.92 Å². The Bertz CT molecular complexity index is 1510. The molecule has 0 saturated heterocycles. The van der Waals surface area contributed by atoms with Crippen molar-refractivity contribution in [3.8, 4) is 11.4 Å². The Hall–Kier alpha value is -2.46. The molecule has 0 bridgehead atoms. The number of halogens is 1. The fourth-order valence-corrected chi connectivity index (χ4v) is 7.17. The number of ketones is 1. The molecule has 0 fully saturated rings. The lowest BCUT2D eigenvalue weighted by atomic mass is 10.1. The van der Waals surface area contributed by atoms with Gasteiger partial charge in [0.25, 0.3) is 5.56 Å². The van der Waals surface area contributed by atoms with Crippen molar-refractivity contribution >= 4 is 55.0 Å². The lowest BCUT2D eigenvalue weighted by Gasteiger charge is -2.25. The Balaban J connectivity index is 1.56. The molecule has 6 nitrogen and oxygen atoms in total. The van der Waals surface area contributed by atoms with E-state index in [1.54, 1.807) is 41.2 Å². The first-order chi connectivity index (χ1) is 17.4. The monoisotopic (exact) mass is 583 g/mol. The number of aromatic nitrogens is 2. The number of hydrogen-bond donors (Lipinski definition) is 0. The zero-order valence-corrected chi connectivity index (χ0v) is 23.6. The molecule has 0 atom stereocenters. The average molecular weight is 585 g/mol. The minimum Gasteiger partial charge on any atom is -0.496 e. The van der Waals surface area contributed by atoms with Crippen LogP contribution < -0.4 is 10.3 Å². The van der Waals surface area contributed by atoms with E-state index in [1.165, 1.54) is 16.6 Å². The van der Waals surface area contributed by atoms with Crippen molar-refractivity contribution in [2.24, 2.45) is 0 Å². The van der Waals surface area contributed by atoms with E-state index in [1.807, 2.05) is 31.2 Å². The number of hydrogen-bond acceptors (Lipinski definition) is 7. The number of nitrogens with zero attached hydrogens (tertiary/aromatic N) is 3. The Labute approximate surface area is 226 Å². The van der Waals surface area contributed by atoms with Gasteiger partial charge in [-0.2, -0.15) is 0 Å². The van der Waals surface area contributed by atoms with E-state index < -0.39 is 0 Å². The Morgan fingerprint density at radius 2 is 2.00 bits per heavy atom. The molecule has 4 aromatic rings. The predicted molar refractivity (Wildman–Crippen MR) is 150 cm³/mol. The van der Waals surface area contributed by atoms with Crippen LogP contribution in [0.25, 0.3) is 15.9 Å². The van der Waals surface area contributed by atoms with Crippen LogP contribution in [0.5, 0.6) is 5.75 Å². The minimum absolute atomic E-state index is 0.0442. The van der Waals surface area contributed by atoms with Crippen molar-refractivity contribution < 1.29 is 9.53 Å².